The van der Waals surface area contributed by atoms with E-state index < -0.39 is 11.2 Å². The Hall–Kier alpha value is -3.64. The molecule has 0 saturated carbocycles. The summed E-state index contributed by atoms with van der Waals surface area (Å²) >= 11 is 0. The molecule has 1 atom stereocenters. The van der Waals surface area contributed by atoms with E-state index in [1.807, 2.05) is 98.8 Å². The SMILES string of the molecule is CCC1(C)N=C(N)N=C2N(c3ccc(C)cc3)C(=O)C(c3ccccc3)(c3ccccc3)N21.Cl. The third-order valence-electron chi connectivity index (χ3n) is 6.64. The van der Waals surface area contributed by atoms with Crippen LogP contribution in [0.5, 0.6) is 0 Å². The van der Waals surface area contributed by atoms with Crippen molar-refractivity contribution in [3.05, 3.63) is 102 Å². The van der Waals surface area contributed by atoms with Crippen molar-refractivity contribution in [2.45, 2.75) is 38.4 Å². The number of aryl methyl sites for hydroxylation is 1. The van der Waals surface area contributed by atoms with Crippen LogP contribution in [0.1, 0.15) is 37.0 Å². The monoisotopic (exact) mass is 473 g/mol. The average Bonchev–Trinajstić information content (AvgIpc) is 3.10. The molecule has 3 aromatic carbocycles. The molecular formula is C27H28ClN5O. The summed E-state index contributed by atoms with van der Waals surface area (Å²) in [6.07, 6.45) is 0.642. The van der Waals surface area contributed by atoms with Crippen LogP contribution in [-0.4, -0.2) is 28.4 Å². The maximum atomic E-state index is 14.7. The molecule has 0 aliphatic carbocycles. The number of rotatable bonds is 4. The van der Waals surface area contributed by atoms with Gasteiger partial charge in [0.15, 0.2) is 5.54 Å². The molecule has 5 rings (SSSR count). The number of nitrogens with zero attached hydrogens (tertiary/aromatic N) is 4. The van der Waals surface area contributed by atoms with Crippen LogP contribution in [0.25, 0.3) is 0 Å². The van der Waals surface area contributed by atoms with Crippen molar-refractivity contribution >= 4 is 35.9 Å². The van der Waals surface area contributed by atoms with Gasteiger partial charge in [0.05, 0.1) is 5.69 Å². The largest absolute Gasteiger partial charge is 0.368 e. The van der Waals surface area contributed by atoms with Gasteiger partial charge in [-0.15, -0.1) is 12.4 Å². The molecule has 2 aliphatic rings. The number of aliphatic imine (C=N–C) groups is 2. The van der Waals surface area contributed by atoms with E-state index >= 15 is 0 Å². The summed E-state index contributed by atoms with van der Waals surface area (Å²) in [5.74, 6) is 0.563. The average molecular weight is 474 g/mol. The summed E-state index contributed by atoms with van der Waals surface area (Å²) in [6.45, 7) is 6.09. The highest BCUT2D eigenvalue weighted by Crippen LogP contribution is 2.50. The molecule has 7 heteroatoms. The molecule has 174 valence electrons. The van der Waals surface area contributed by atoms with E-state index in [9.17, 15) is 4.79 Å². The van der Waals surface area contributed by atoms with E-state index in [-0.39, 0.29) is 24.3 Å². The quantitative estimate of drug-likeness (QED) is 0.590. The number of carbonyl (C=O) groups is 1. The maximum absolute atomic E-state index is 14.7. The lowest BCUT2D eigenvalue weighted by atomic mass is 9.79. The first kappa shape index (κ1) is 23.5. The van der Waals surface area contributed by atoms with Crippen LogP contribution in [0.3, 0.4) is 0 Å². The van der Waals surface area contributed by atoms with E-state index in [1.54, 1.807) is 4.90 Å². The molecule has 2 heterocycles. The van der Waals surface area contributed by atoms with E-state index in [4.69, 9.17) is 10.7 Å². The van der Waals surface area contributed by atoms with E-state index in [0.717, 1.165) is 22.4 Å². The zero-order chi connectivity index (χ0) is 23.2. The Kier molecular flexibility index (Phi) is 5.96. The van der Waals surface area contributed by atoms with Gasteiger partial charge in [-0.2, -0.15) is 4.99 Å². The van der Waals surface area contributed by atoms with Gasteiger partial charge in [-0.3, -0.25) is 9.69 Å². The van der Waals surface area contributed by atoms with Gasteiger partial charge >= 0.3 is 0 Å². The van der Waals surface area contributed by atoms with Gasteiger partial charge in [0.1, 0.15) is 5.66 Å². The molecule has 1 fully saturated rings. The number of nitrogens with two attached hydrogens (primary N) is 1. The first-order chi connectivity index (χ1) is 15.9. The van der Waals surface area contributed by atoms with Gasteiger partial charge in [0.2, 0.25) is 11.9 Å². The topological polar surface area (TPSA) is 74.3 Å². The second-order valence-corrected chi connectivity index (χ2v) is 8.71. The van der Waals surface area contributed by atoms with Crippen molar-refractivity contribution in [2.24, 2.45) is 15.7 Å². The third kappa shape index (κ3) is 3.29. The molecule has 1 unspecified atom stereocenters. The standard InChI is InChI=1S/C27H27N5O.ClH/c1-4-26(3)30-24(28)29-25-31(22-17-15-19(2)16-18-22)23(33)27(32(25)26,20-11-7-5-8-12-20)21-13-9-6-10-14-21;/h5-18H,4H2,1-3H3,(H2,28,30);1H. The van der Waals surface area contributed by atoms with Gasteiger partial charge in [-0.05, 0) is 43.5 Å². The molecule has 0 spiro atoms. The highest BCUT2D eigenvalue weighted by molar-refractivity contribution is 6.28. The number of hydrogen-bond donors (Lipinski definition) is 1. The first-order valence-corrected chi connectivity index (χ1v) is 11.2. The van der Waals surface area contributed by atoms with Crippen LogP contribution in [0.4, 0.5) is 5.69 Å². The fourth-order valence-electron chi connectivity index (χ4n) is 4.89. The molecule has 0 radical (unpaired) electrons. The lowest BCUT2D eigenvalue weighted by molar-refractivity contribution is -0.125. The summed E-state index contributed by atoms with van der Waals surface area (Å²) in [7, 11) is 0. The number of benzene rings is 3. The van der Waals surface area contributed by atoms with Crippen LogP contribution < -0.4 is 10.6 Å². The third-order valence-corrected chi connectivity index (χ3v) is 6.64. The summed E-state index contributed by atoms with van der Waals surface area (Å²) in [5, 5.41) is 0. The van der Waals surface area contributed by atoms with Crippen LogP contribution in [0.2, 0.25) is 0 Å². The molecule has 34 heavy (non-hydrogen) atoms. The number of amides is 1. The number of guanidine groups is 2. The van der Waals surface area contributed by atoms with E-state index in [2.05, 4.69) is 16.8 Å². The van der Waals surface area contributed by atoms with Crippen molar-refractivity contribution in [1.29, 1.82) is 0 Å². The van der Waals surface area contributed by atoms with Crippen LogP contribution in [-0.2, 0) is 10.3 Å². The van der Waals surface area contributed by atoms with E-state index in [1.165, 1.54) is 0 Å². The molecular weight excluding hydrogens is 446 g/mol. The van der Waals surface area contributed by atoms with Gasteiger partial charge in [0.25, 0.3) is 5.91 Å². The van der Waals surface area contributed by atoms with Crippen LogP contribution >= 0.6 is 12.4 Å². The normalized spacial score (nSPS) is 20.9. The first-order valence-electron chi connectivity index (χ1n) is 11.2. The molecule has 0 bridgehead atoms. The van der Waals surface area contributed by atoms with Gasteiger partial charge in [-0.1, -0.05) is 85.3 Å². The van der Waals surface area contributed by atoms with Crippen LogP contribution in [0.15, 0.2) is 94.9 Å². The lowest BCUT2D eigenvalue weighted by Gasteiger charge is -2.47. The Labute approximate surface area is 206 Å². The lowest BCUT2D eigenvalue weighted by Crippen LogP contribution is -2.59. The second-order valence-electron chi connectivity index (χ2n) is 8.71. The number of fused-ring (bicyclic) bond motifs is 1. The highest BCUT2D eigenvalue weighted by atomic mass is 35.5. The minimum absolute atomic E-state index is 0. The highest BCUT2D eigenvalue weighted by Gasteiger charge is 2.64. The summed E-state index contributed by atoms with van der Waals surface area (Å²) in [5.41, 5.74) is 7.87. The van der Waals surface area contributed by atoms with Gasteiger partial charge < -0.3 is 5.73 Å². The second kappa shape index (κ2) is 8.61. The van der Waals surface area contributed by atoms with Crippen LogP contribution in [0, 0.1) is 6.92 Å². The Morgan fingerprint density at radius 2 is 1.41 bits per heavy atom. The molecule has 1 saturated heterocycles. The number of halogens is 1. The molecule has 2 aliphatic heterocycles. The molecule has 3 aromatic rings. The van der Waals surface area contributed by atoms with Crippen molar-refractivity contribution in [3.63, 3.8) is 0 Å². The zero-order valence-corrected chi connectivity index (χ0v) is 20.3. The number of hydrogen-bond acceptors (Lipinski definition) is 5. The Morgan fingerprint density at radius 1 is 0.882 bits per heavy atom. The predicted molar refractivity (Wildman–Crippen MR) is 139 cm³/mol. The minimum Gasteiger partial charge on any atom is -0.368 e. The smallest absolute Gasteiger partial charge is 0.269 e. The van der Waals surface area contributed by atoms with Crippen molar-refractivity contribution in [3.8, 4) is 0 Å². The summed E-state index contributed by atoms with van der Waals surface area (Å²) < 4.78 is 0. The molecule has 6 nitrogen and oxygen atoms in total. The summed E-state index contributed by atoms with van der Waals surface area (Å²) in [4.78, 5) is 27.8. The van der Waals surface area contributed by atoms with Gasteiger partial charge in [0, 0.05) is 0 Å². The Bertz CT molecular complexity index is 1220. The van der Waals surface area contributed by atoms with E-state index in [0.29, 0.717) is 12.4 Å². The van der Waals surface area contributed by atoms with Gasteiger partial charge in [-0.25, -0.2) is 9.89 Å². The molecule has 2 N–H and O–H groups in total. The Balaban J connectivity index is 0.00000274. The predicted octanol–water partition coefficient (Wildman–Crippen LogP) is 4.82. The number of carbonyl (C=O) groups excluding carboxylic acids is 1. The number of anilines is 1. The fraction of sp³-hybridized carbons (Fsp3) is 0.222. The Morgan fingerprint density at radius 3 is 1.91 bits per heavy atom. The minimum atomic E-state index is -1.15. The van der Waals surface area contributed by atoms with Crippen molar-refractivity contribution in [1.82, 2.24) is 4.90 Å². The maximum Gasteiger partial charge on any atom is 0.269 e. The molecule has 0 aromatic heterocycles. The molecule has 1 amide bonds. The zero-order valence-electron chi connectivity index (χ0n) is 19.5. The fourth-order valence-corrected chi connectivity index (χ4v) is 4.89. The van der Waals surface area contributed by atoms with Crippen molar-refractivity contribution in [2.75, 3.05) is 4.90 Å². The van der Waals surface area contributed by atoms with Crippen molar-refractivity contribution < 1.29 is 4.79 Å². The summed E-state index contributed by atoms with van der Waals surface area (Å²) in [6, 6.07) is 27.7.